The molecule has 7 nitrogen and oxygen atoms in total. The van der Waals surface area contributed by atoms with Gasteiger partial charge in [0.1, 0.15) is 21.7 Å². The average molecular weight is 396 g/mol. The minimum Gasteiger partial charge on any atom is -0.360 e. The molecule has 3 heterocycles. The highest BCUT2D eigenvalue weighted by atomic mass is 32.1. The third-order valence-electron chi connectivity index (χ3n) is 4.71. The number of likely N-dealkylation sites (tertiary alicyclic amines) is 1. The summed E-state index contributed by atoms with van der Waals surface area (Å²) in [5, 5.41) is 7.33. The third-order valence-corrected chi connectivity index (χ3v) is 5.90. The van der Waals surface area contributed by atoms with Gasteiger partial charge in [0.15, 0.2) is 5.82 Å². The minimum absolute atomic E-state index is 0.147. The Morgan fingerprint density at radius 1 is 1.25 bits per heavy atom. The Balaban J connectivity index is 1.54. The van der Waals surface area contributed by atoms with E-state index in [0.717, 1.165) is 17.0 Å². The van der Waals surface area contributed by atoms with Crippen molar-refractivity contribution < 1.29 is 14.1 Å². The van der Waals surface area contributed by atoms with Crippen LogP contribution in [-0.4, -0.2) is 39.4 Å². The fourth-order valence-corrected chi connectivity index (χ4v) is 4.37. The molecule has 1 fully saturated rings. The molecule has 8 heteroatoms. The number of benzene rings is 1. The summed E-state index contributed by atoms with van der Waals surface area (Å²) < 4.78 is 4.98. The molecule has 3 aromatic rings. The molecule has 1 aliphatic heterocycles. The van der Waals surface area contributed by atoms with Gasteiger partial charge in [-0.05, 0) is 26.7 Å². The number of nitrogens with zero attached hydrogens (tertiary/aromatic N) is 3. The van der Waals surface area contributed by atoms with Crippen LogP contribution >= 0.6 is 11.3 Å². The third kappa shape index (κ3) is 3.55. The van der Waals surface area contributed by atoms with Crippen molar-refractivity contribution >= 4 is 29.0 Å². The normalized spacial score (nSPS) is 16.4. The van der Waals surface area contributed by atoms with E-state index in [2.05, 4.69) is 15.5 Å². The average Bonchev–Trinajstić information content (AvgIpc) is 3.42. The maximum Gasteiger partial charge on any atom is 0.266 e. The molecule has 0 radical (unpaired) electrons. The molecule has 1 aromatic carbocycles. The first kappa shape index (κ1) is 18.4. The monoisotopic (exact) mass is 396 g/mol. The zero-order valence-corrected chi connectivity index (χ0v) is 16.5. The summed E-state index contributed by atoms with van der Waals surface area (Å²) in [6.45, 7) is 4.14. The molecular weight excluding hydrogens is 376 g/mol. The first-order chi connectivity index (χ1) is 13.5. The molecule has 0 bridgehead atoms. The van der Waals surface area contributed by atoms with Crippen LogP contribution in [-0.2, 0) is 4.79 Å². The van der Waals surface area contributed by atoms with E-state index in [1.807, 2.05) is 37.3 Å². The van der Waals surface area contributed by atoms with E-state index in [1.165, 1.54) is 11.3 Å². The molecule has 1 N–H and O–H groups in total. The number of carbonyl (C=O) groups excluding carboxylic acids is 2. The number of hydrogen-bond donors (Lipinski definition) is 1. The van der Waals surface area contributed by atoms with Crippen LogP contribution in [0.4, 0.5) is 5.82 Å². The van der Waals surface area contributed by atoms with Gasteiger partial charge in [0.25, 0.3) is 5.91 Å². The van der Waals surface area contributed by atoms with Crippen molar-refractivity contribution in [3.05, 3.63) is 52.7 Å². The maximum atomic E-state index is 13.2. The second kappa shape index (κ2) is 7.55. The number of thiazole rings is 1. The molecule has 1 atom stereocenters. The highest BCUT2D eigenvalue weighted by Gasteiger charge is 2.36. The van der Waals surface area contributed by atoms with E-state index in [0.29, 0.717) is 35.1 Å². The number of aryl methyl sites for hydroxylation is 2. The summed E-state index contributed by atoms with van der Waals surface area (Å²) in [5.41, 5.74) is 1.67. The fraction of sp³-hybridized carbons (Fsp3) is 0.300. The lowest BCUT2D eigenvalue weighted by Crippen LogP contribution is -2.43. The van der Waals surface area contributed by atoms with Gasteiger partial charge < -0.3 is 14.7 Å². The Hall–Kier alpha value is -3.00. The van der Waals surface area contributed by atoms with Crippen LogP contribution < -0.4 is 5.32 Å². The second-order valence-electron chi connectivity index (χ2n) is 6.77. The van der Waals surface area contributed by atoms with E-state index in [1.54, 1.807) is 17.9 Å². The molecule has 144 valence electrons. The summed E-state index contributed by atoms with van der Waals surface area (Å²) in [6.07, 6.45) is 1.41. The van der Waals surface area contributed by atoms with Crippen molar-refractivity contribution in [3.8, 4) is 10.6 Å². The smallest absolute Gasteiger partial charge is 0.266 e. The van der Waals surface area contributed by atoms with Gasteiger partial charge in [-0.2, -0.15) is 0 Å². The lowest BCUT2D eigenvalue weighted by Gasteiger charge is -2.23. The van der Waals surface area contributed by atoms with E-state index < -0.39 is 6.04 Å². The molecular formula is C20H20N4O3S. The molecule has 0 saturated carbocycles. The summed E-state index contributed by atoms with van der Waals surface area (Å²) in [5.74, 6) is 0.585. The lowest BCUT2D eigenvalue weighted by molar-refractivity contribution is -0.119. The van der Waals surface area contributed by atoms with Crippen molar-refractivity contribution in [2.45, 2.75) is 32.7 Å². The zero-order valence-electron chi connectivity index (χ0n) is 15.6. The molecule has 28 heavy (non-hydrogen) atoms. The van der Waals surface area contributed by atoms with Crippen LogP contribution in [0.3, 0.4) is 0 Å². The quantitative estimate of drug-likeness (QED) is 0.727. The van der Waals surface area contributed by atoms with Crippen molar-refractivity contribution in [2.75, 3.05) is 11.9 Å². The first-order valence-electron chi connectivity index (χ1n) is 9.11. The Bertz CT molecular complexity index is 1010. The van der Waals surface area contributed by atoms with Gasteiger partial charge in [0.05, 0.1) is 5.69 Å². The fourth-order valence-electron chi connectivity index (χ4n) is 3.35. The van der Waals surface area contributed by atoms with E-state index in [-0.39, 0.29) is 11.8 Å². The SMILES string of the molecule is Cc1cc(NC(=O)[C@@H]2CCCN2C(=O)c2sc(-c3ccccc3)nc2C)no1. The van der Waals surface area contributed by atoms with Gasteiger partial charge in [-0.3, -0.25) is 9.59 Å². The minimum atomic E-state index is -0.522. The predicted molar refractivity (Wildman–Crippen MR) is 106 cm³/mol. The van der Waals surface area contributed by atoms with Crippen LogP contribution in [0.2, 0.25) is 0 Å². The number of nitrogens with one attached hydrogen (secondary N) is 1. The van der Waals surface area contributed by atoms with Crippen LogP contribution in [0.5, 0.6) is 0 Å². The molecule has 2 aromatic heterocycles. The predicted octanol–water partition coefficient (Wildman–Crippen LogP) is 3.66. The summed E-state index contributed by atoms with van der Waals surface area (Å²) in [4.78, 5) is 32.6. The van der Waals surface area contributed by atoms with Gasteiger partial charge in [-0.15, -0.1) is 11.3 Å². The van der Waals surface area contributed by atoms with Crippen LogP contribution in [0.25, 0.3) is 10.6 Å². The van der Waals surface area contributed by atoms with Crippen LogP contribution in [0, 0.1) is 13.8 Å². The van der Waals surface area contributed by atoms with Crippen molar-refractivity contribution in [1.82, 2.24) is 15.0 Å². The number of anilines is 1. The molecule has 0 unspecified atom stereocenters. The Morgan fingerprint density at radius 2 is 2.04 bits per heavy atom. The number of carbonyl (C=O) groups is 2. The van der Waals surface area contributed by atoms with E-state index in [4.69, 9.17) is 4.52 Å². The highest BCUT2D eigenvalue weighted by molar-refractivity contribution is 7.17. The molecule has 1 saturated heterocycles. The van der Waals surface area contributed by atoms with Crippen LogP contribution in [0.15, 0.2) is 40.9 Å². The van der Waals surface area contributed by atoms with Crippen molar-refractivity contribution in [2.24, 2.45) is 0 Å². The molecule has 2 amide bonds. The molecule has 0 aliphatic carbocycles. The number of rotatable bonds is 4. The Kier molecular flexibility index (Phi) is 4.95. The number of hydrogen-bond acceptors (Lipinski definition) is 6. The van der Waals surface area contributed by atoms with E-state index in [9.17, 15) is 9.59 Å². The highest BCUT2D eigenvalue weighted by Crippen LogP contribution is 2.31. The standard InChI is InChI=1S/C20H20N4O3S/c1-12-11-16(23-27-12)22-18(25)15-9-6-10-24(15)20(26)17-13(2)21-19(28-17)14-7-4-3-5-8-14/h3-5,7-8,11,15H,6,9-10H2,1-2H3,(H,22,23,25)/t15-/m0/s1. The zero-order chi connectivity index (χ0) is 19.7. The largest absolute Gasteiger partial charge is 0.360 e. The maximum absolute atomic E-state index is 13.2. The van der Waals surface area contributed by atoms with Crippen molar-refractivity contribution in [3.63, 3.8) is 0 Å². The Labute approximate surface area is 166 Å². The molecule has 1 aliphatic rings. The second-order valence-corrected chi connectivity index (χ2v) is 7.77. The topological polar surface area (TPSA) is 88.3 Å². The van der Waals surface area contributed by atoms with Gasteiger partial charge in [-0.1, -0.05) is 35.5 Å². The lowest BCUT2D eigenvalue weighted by atomic mass is 10.2. The number of amides is 2. The van der Waals surface area contributed by atoms with Gasteiger partial charge >= 0.3 is 0 Å². The van der Waals surface area contributed by atoms with Gasteiger partial charge in [0, 0.05) is 18.2 Å². The summed E-state index contributed by atoms with van der Waals surface area (Å²) in [6, 6.07) is 10.9. The molecule has 0 spiro atoms. The Morgan fingerprint density at radius 3 is 2.75 bits per heavy atom. The van der Waals surface area contributed by atoms with Gasteiger partial charge in [0.2, 0.25) is 5.91 Å². The summed E-state index contributed by atoms with van der Waals surface area (Å²) >= 11 is 1.37. The number of aromatic nitrogens is 2. The first-order valence-corrected chi connectivity index (χ1v) is 9.92. The van der Waals surface area contributed by atoms with E-state index >= 15 is 0 Å². The molecule has 4 rings (SSSR count). The van der Waals surface area contributed by atoms with Crippen molar-refractivity contribution in [1.29, 1.82) is 0 Å². The van der Waals surface area contributed by atoms with Gasteiger partial charge in [-0.25, -0.2) is 4.98 Å². The van der Waals surface area contributed by atoms with Crippen LogP contribution in [0.1, 0.15) is 34.0 Å². The summed E-state index contributed by atoms with van der Waals surface area (Å²) in [7, 11) is 0.